The summed E-state index contributed by atoms with van der Waals surface area (Å²) >= 11 is 0. The minimum absolute atomic E-state index is 0.00749. The van der Waals surface area contributed by atoms with Crippen molar-refractivity contribution in [2.24, 2.45) is 0 Å². The summed E-state index contributed by atoms with van der Waals surface area (Å²) in [6, 6.07) is 14.6. The summed E-state index contributed by atoms with van der Waals surface area (Å²) in [5.41, 5.74) is 3.46. The summed E-state index contributed by atoms with van der Waals surface area (Å²) in [6.45, 7) is 3.97. The van der Waals surface area contributed by atoms with E-state index in [4.69, 9.17) is 0 Å². The molecular weight excluding hydrogens is 314 g/mol. The van der Waals surface area contributed by atoms with E-state index in [1.165, 1.54) is 6.92 Å². The first-order valence-corrected chi connectivity index (χ1v) is 8.21. The van der Waals surface area contributed by atoms with Crippen molar-refractivity contribution < 1.29 is 9.59 Å². The highest BCUT2D eigenvalue weighted by Crippen LogP contribution is 2.19. The van der Waals surface area contributed by atoms with Gasteiger partial charge in [0.25, 0.3) is 0 Å². The first kappa shape index (κ1) is 18.2. The molecule has 0 saturated heterocycles. The lowest BCUT2D eigenvalue weighted by atomic mass is 10.1. The van der Waals surface area contributed by atoms with Gasteiger partial charge in [0.15, 0.2) is 5.78 Å². The first-order chi connectivity index (χ1) is 12.0. The molecule has 0 fully saturated rings. The zero-order chi connectivity index (χ0) is 18.2. The topological polar surface area (TPSA) is 82.0 Å². The summed E-state index contributed by atoms with van der Waals surface area (Å²) in [7, 11) is 0. The number of benzene rings is 2. The summed E-state index contributed by atoms with van der Waals surface area (Å²) in [6.07, 6.45) is 1.32. The van der Waals surface area contributed by atoms with Crippen LogP contribution in [0, 0.1) is 11.3 Å². The van der Waals surface area contributed by atoms with Crippen molar-refractivity contribution in [3.05, 3.63) is 59.2 Å². The SMILES string of the molecule is CCCC(=O)Nc1ccc(CNc2cc(C(C)=O)ccc2C#N)cc1. The van der Waals surface area contributed by atoms with Crippen LogP contribution in [0.3, 0.4) is 0 Å². The maximum atomic E-state index is 11.6. The van der Waals surface area contributed by atoms with Crippen molar-refractivity contribution in [1.82, 2.24) is 0 Å². The fraction of sp³-hybridized carbons (Fsp3) is 0.250. The van der Waals surface area contributed by atoms with Crippen LogP contribution in [0.15, 0.2) is 42.5 Å². The van der Waals surface area contributed by atoms with Crippen LogP contribution in [0.1, 0.15) is 48.2 Å². The third kappa shape index (κ3) is 5.18. The van der Waals surface area contributed by atoms with Crippen molar-refractivity contribution in [2.75, 3.05) is 10.6 Å². The van der Waals surface area contributed by atoms with Crippen molar-refractivity contribution in [1.29, 1.82) is 5.26 Å². The molecule has 2 aromatic rings. The molecule has 0 aliphatic heterocycles. The largest absolute Gasteiger partial charge is 0.380 e. The van der Waals surface area contributed by atoms with Gasteiger partial charge in [-0.2, -0.15) is 5.26 Å². The lowest BCUT2D eigenvalue weighted by Crippen LogP contribution is -2.10. The van der Waals surface area contributed by atoms with Gasteiger partial charge < -0.3 is 10.6 Å². The van der Waals surface area contributed by atoms with E-state index in [1.807, 2.05) is 31.2 Å². The average Bonchev–Trinajstić information content (AvgIpc) is 2.61. The van der Waals surface area contributed by atoms with Gasteiger partial charge in [-0.15, -0.1) is 0 Å². The standard InChI is InChI=1S/C20H21N3O2/c1-3-4-20(25)23-18-9-5-15(6-10-18)13-22-19-11-16(14(2)24)7-8-17(19)12-21/h5-11,22H,3-4,13H2,1-2H3,(H,23,25). The molecule has 0 aliphatic rings. The molecule has 25 heavy (non-hydrogen) atoms. The van der Waals surface area contributed by atoms with Crippen molar-refractivity contribution in [2.45, 2.75) is 33.2 Å². The molecule has 0 heterocycles. The molecule has 0 saturated carbocycles. The summed E-state index contributed by atoms with van der Waals surface area (Å²) in [4.78, 5) is 23.1. The van der Waals surface area contributed by atoms with Crippen molar-refractivity contribution in [3.8, 4) is 6.07 Å². The monoisotopic (exact) mass is 335 g/mol. The van der Waals surface area contributed by atoms with E-state index in [2.05, 4.69) is 16.7 Å². The molecule has 128 valence electrons. The normalized spacial score (nSPS) is 9.96. The van der Waals surface area contributed by atoms with Gasteiger partial charge in [-0.1, -0.05) is 19.1 Å². The Morgan fingerprint density at radius 2 is 1.84 bits per heavy atom. The molecule has 5 nitrogen and oxygen atoms in total. The molecule has 2 rings (SSSR count). The second kappa shape index (κ2) is 8.65. The molecular formula is C20H21N3O2. The molecule has 0 unspecified atom stereocenters. The van der Waals surface area contributed by atoms with Gasteiger partial charge >= 0.3 is 0 Å². The second-order valence-electron chi connectivity index (χ2n) is 5.78. The van der Waals surface area contributed by atoms with E-state index >= 15 is 0 Å². The number of amides is 1. The number of hydrogen-bond donors (Lipinski definition) is 2. The number of ketones is 1. The van der Waals surface area contributed by atoms with Crippen LogP contribution in [-0.4, -0.2) is 11.7 Å². The number of nitriles is 1. The zero-order valence-corrected chi connectivity index (χ0v) is 14.4. The van der Waals surface area contributed by atoms with E-state index in [0.717, 1.165) is 17.7 Å². The number of Topliss-reactive ketones (excluding diaryl/α,β-unsaturated/α-hetero) is 1. The minimum Gasteiger partial charge on any atom is -0.380 e. The predicted octanol–water partition coefficient (Wildman–Crippen LogP) is 4.11. The highest BCUT2D eigenvalue weighted by Gasteiger charge is 2.07. The Bertz CT molecular complexity index is 805. The number of hydrogen-bond acceptors (Lipinski definition) is 4. The molecule has 2 aromatic carbocycles. The molecule has 5 heteroatoms. The molecule has 2 N–H and O–H groups in total. The van der Waals surface area contributed by atoms with Gasteiger partial charge in [0.2, 0.25) is 5.91 Å². The molecule has 0 atom stereocenters. The maximum Gasteiger partial charge on any atom is 0.224 e. The van der Waals surface area contributed by atoms with E-state index in [0.29, 0.717) is 29.8 Å². The molecule has 0 bridgehead atoms. The lowest BCUT2D eigenvalue weighted by molar-refractivity contribution is -0.116. The zero-order valence-electron chi connectivity index (χ0n) is 14.4. The fourth-order valence-electron chi connectivity index (χ4n) is 2.36. The number of carbonyl (C=O) groups is 2. The fourth-order valence-corrected chi connectivity index (χ4v) is 2.36. The van der Waals surface area contributed by atoms with Crippen LogP contribution in [0.2, 0.25) is 0 Å². The summed E-state index contributed by atoms with van der Waals surface area (Å²) in [5.74, 6) is -0.0344. The molecule has 0 radical (unpaired) electrons. The van der Waals surface area contributed by atoms with Crippen molar-refractivity contribution >= 4 is 23.1 Å². The molecule has 0 spiro atoms. The van der Waals surface area contributed by atoms with Crippen LogP contribution in [-0.2, 0) is 11.3 Å². The van der Waals surface area contributed by atoms with Gasteiger partial charge in [-0.05, 0) is 49.2 Å². The summed E-state index contributed by atoms with van der Waals surface area (Å²) in [5, 5.41) is 15.2. The Balaban J connectivity index is 2.04. The van der Waals surface area contributed by atoms with E-state index < -0.39 is 0 Å². The Hall–Kier alpha value is -3.13. The van der Waals surface area contributed by atoms with Crippen LogP contribution in [0.25, 0.3) is 0 Å². The predicted molar refractivity (Wildman–Crippen MR) is 98.5 cm³/mol. The number of anilines is 2. The Kier molecular flexibility index (Phi) is 6.30. The van der Waals surface area contributed by atoms with Crippen LogP contribution in [0.5, 0.6) is 0 Å². The third-order valence-corrected chi connectivity index (χ3v) is 3.74. The molecule has 0 aliphatic carbocycles. The first-order valence-electron chi connectivity index (χ1n) is 8.21. The smallest absolute Gasteiger partial charge is 0.224 e. The number of nitrogens with zero attached hydrogens (tertiary/aromatic N) is 1. The van der Waals surface area contributed by atoms with Crippen LogP contribution >= 0.6 is 0 Å². The van der Waals surface area contributed by atoms with E-state index in [9.17, 15) is 14.9 Å². The average molecular weight is 335 g/mol. The number of carbonyl (C=O) groups excluding carboxylic acids is 2. The third-order valence-electron chi connectivity index (χ3n) is 3.74. The van der Waals surface area contributed by atoms with Gasteiger partial charge in [-0.3, -0.25) is 9.59 Å². The van der Waals surface area contributed by atoms with Gasteiger partial charge in [-0.25, -0.2) is 0 Å². The summed E-state index contributed by atoms with van der Waals surface area (Å²) < 4.78 is 0. The van der Waals surface area contributed by atoms with Crippen LogP contribution < -0.4 is 10.6 Å². The van der Waals surface area contributed by atoms with Gasteiger partial charge in [0.1, 0.15) is 6.07 Å². The van der Waals surface area contributed by atoms with E-state index in [-0.39, 0.29) is 11.7 Å². The minimum atomic E-state index is -0.0419. The molecule has 1 amide bonds. The highest BCUT2D eigenvalue weighted by atomic mass is 16.1. The van der Waals surface area contributed by atoms with Crippen LogP contribution in [0.4, 0.5) is 11.4 Å². The number of rotatable bonds is 7. The maximum absolute atomic E-state index is 11.6. The quantitative estimate of drug-likeness (QED) is 0.746. The van der Waals surface area contributed by atoms with Crippen molar-refractivity contribution in [3.63, 3.8) is 0 Å². The highest BCUT2D eigenvalue weighted by molar-refractivity contribution is 5.95. The van der Waals surface area contributed by atoms with Gasteiger partial charge in [0, 0.05) is 24.2 Å². The Labute approximate surface area is 147 Å². The lowest BCUT2D eigenvalue weighted by Gasteiger charge is -2.10. The second-order valence-corrected chi connectivity index (χ2v) is 5.78. The Morgan fingerprint density at radius 1 is 1.12 bits per heavy atom. The molecule has 0 aromatic heterocycles. The van der Waals surface area contributed by atoms with E-state index in [1.54, 1.807) is 18.2 Å². The Morgan fingerprint density at radius 3 is 2.44 bits per heavy atom. The number of nitrogens with one attached hydrogen (secondary N) is 2. The van der Waals surface area contributed by atoms with Gasteiger partial charge in [0.05, 0.1) is 11.3 Å².